The van der Waals surface area contributed by atoms with Crippen molar-refractivity contribution in [3.63, 3.8) is 0 Å². The van der Waals surface area contributed by atoms with Gasteiger partial charge in [0.05, 0.1) is 34.6 Å². The fourth-order valence-corrected chi connectivity index (χ4v) is 4.22. The molecule has 27 heavy (non-hydrogen) atoms. The Morgan fingerprint density at radius 3 is 2.67 bits per heavy atom. The fraction of sp³-hybridized carbons (Fsp3) is 0.333. The number of rotatable bonds is 2. The molecular formula is C21H21ClN4O. The molecule has 1 fully saturated rings. The van der Waals surface area contributed by atoms with Crippen LogP contribution >= 0.6 is 11.6 Å². The van der Waals surface area contributed by atoms with Gasteiger partial charge in [0.15, 0.2) is 0 Å². The van der Waals surface area contributed by atoms with E-state index in [9.17, 15) is 10.4 Å². The van der Waals surface area contributed by atoms with Crippen molar-refractivity contribution < 1.29 is 5.11 Å². The van der Waals surface area contributed by atoms with Crippen molar-refractivity contribution in [2.75, 3.05) is 5.73 Å². The van der Waals surface area contributed by atoms with Crippen LogP contribution in [0, 0.1) is 18.3 Å². The SMILES string of the molecule is Cc1cc2c(cc1C#N)c(-c1cncc(N)c1Cl)cn2[C@H]1CC[C@@H](O)CC1. The van der Waals surface area contributed by atoms with Crippen molar-refractivity contribution in [3.8, 4) is 17.2 Å². The number of pyridine rings is 1. The highest BCUT2D eigenvalue weighted by Gasteiger charge is 2.24. The van der Waals surface area contributed by atoms with Crippen LogP contribution in [-0.2, 0) is 0 Å². The number of anilines is 1. The summed E-state index contributed by atoms with van der Waals surface area (Å²) in [5.41, 5.74) is 10.8. The summed E-state index contributed by atoms with van der Waals surface area (Å²) in [5, 5.41) is 20.8. The Kier molecular flexibility index (Phi) is 4.55. The van der Waals surface area contributed by atoms with Crippen molar-refractivity contribution in [3.05, 3.63) is 46.9 Å². The second-order valence-corrected chi connectivity index (χ2v) is 7.68. The monoisotopic (exact) mass is 380 g/mol. The van der Waals surface area contributed by atoms with Crippen LogP contribution in [-0.4, -0.2) is 20.8 Å². The normalized spacial score (nSPS) is 19.9. The highest BCUT2D eigenvalue weighted by molar-refractivity contribution is 6.36. The van der Waals surface area contributed by atoms with Crippen molar-refractivity contribution in [2.45, 2.75) is 44.8 Å². The van der Waals surface area contributed by atoms with E-state index in [4.69, 9.17) is 17.3 Å². The molecule has 1 saturated carbocycles. The molecule has 0 radical (unpaired) electrons. The maximum absolute atomic E-state index is 9.86. The molecule has 3 N–H and O–H groups in total. The number of hydrogen-bond donors (Lipinski definition) is 2. The molecule has 3 aromatic rings. The van der Waals surface area contributed by atoms with E-state index >= 15 is 0 Å². The van der Waals surface area contributed by atoms with Crippen molar-refractivity contribution in [1.29, 1.82) is 5.26 Å². The summed E-state index contributed by atoms with van der Waals surface area (Å²) in [7, 11) is 0. The summed E-state index contributed by atoms with van der Waals surface area (Å²) >= 11 is 6.47. The molecule has 0 bridgehead atoms. The van der Waals surface area contributed by atoms with Crippen molar-refractivity contribution in [2.24, 2.45) is 0 Å². The minimum atomic E-state index is -0.206. The summed E-state index contributed by atoms with van der Waals surface area (Å²) in [4.78, 5) is 4.20. The predicted octanol–water partition coefficient (Wildman–Crippen LogP) is 4.60. The number of aryl methyl sites for hydroxylation is 1. The molecule has 2 heterocycles. The van der Waals surface area contributed by atoms with E-state index in [2.05, 4.69) is 27.9 Å². The number of halogens is 1. The van der Waals surface area contributed by atoms with Gasteiger partial charge in [-0.05, 0) is 50.3 Å². The first kappa shape index (κ1) is 17.8. The molecule has 1 aliphatic carbocycles. The minimum Gasteiger partial charge on any atom is -0.396 e. The largest absolute Gasteiger partial charge is 0.396 e. The van der Waals surface area contributed by atoms with Gasteiger partial charge in [0, 0.05) is 40.5 Å². The quantitative estimate of drug-likeness (QED) is 0.680. The molecule has 0 aliphatic heterocycles. The van der Waals surface area contributed by atoms with Gasteiger partial charge in [0.25, 0.3) is 0 Å². The van der Waals surface area contributed by atoms with Gasteiger partial charge in [-0.25, -0.2) is 0 Å². The molecule has 1 aromatic carbocycles. The molecule has 0 saturated heterocycles. The third kappa shape index (κ3) is 3.05. The zero-order valence-electron chi connectivity index (χ0n) is 15.1. The van der Waals surface area contributed by atoms with E-state index in [-0.39, 0.29) is 6.10 Å². The van der Waals surface area contributed by atoms with Crippen LogP contribution < -0.4 is 5.73 Å². The van der Waals surface area contributed by atoms with Gasteiger partial charge in [-0.15, -0.1) is 0 Å². The number of aromatic nitrogens is 2. The summed E-state index contributed by atoms with van der Waals surface area (Å²) in [6.07, 6.45) is 8.59. The molecule has 0 atom stereocenters. The fourth-order valence-electron chi connectivity index (χ4n) is 4.02. The Balaban J connectivity index is 1.96. The average Bonchev–Trinajstić information content (AvgIpc) is 3.02. The van der Waals surface area contributed by atoms with Crippen LogP contribution in [0.3, 0.4) is 0 Å². The Bertz CT molecular complexity index is 1060. The second-order valence-electron chi connectivity index (χ2n) is 7.30. The average molecular weight is 381 g/mol. The number of nitriles is 1. The summed E-state index contributed by atoms with van der Waals surface area (Å²) in [6.45, 7) is 1.95. The number of nitrogens with zero attached hydrogens (tertiary/aromatic N) is 3. The number of aliphatic hydroxyl groups excluding tert-OH is 1. The molecule has 1 aliphatic rings. The topological polar surface area (TPSA) is 87.9 Å². The Morgan fingerprint density at radius 2 is 1.96 bits per heavy atom. The molecule has 138 valence electrons. The lowest BCUT2D eigenvalue weighted by atomic mass is 9.93. The Morgan fingerprint density at radius 1 is 1.22 bits per heavy atom. The molecule has 0 spiro atoms. The van der Waals surface area contributed by atoms with Crippen LogP contribution in [0.5, 0.6) is 0 Å². The highest BCUT2D eigenvalue weighted by Crippen LogP contribution is 2.41. The van der Waals surface area contributed by atoms with E-state index in [1.54, 1.807) is 12.4 Å². The van der Waals surface area contributed by atoms with Gasteiger partial charge in [-0.1, -0.05) is 11.6 Å². The van der Waals surface area contributed by atoms with Crippen LogP contribution in [0.15, 0.2) is 30.7 Å². The third-order valence-electron chi connectivity index (χ3n) is 5.56. The van der Waals surface area contributed by atoms with E-state index in [0.717, 1.165) is 53.3 Å². The molecular weight excluding hydrogens is 360 g/mol. The number of nitrogens with two attached hydrogens (primary N) is 1. The number of aliphatic hydroxyl groups is 1. The van der Waals surface area contributed by atoms with Gasteiger partial charge in [0.2, 0.25) is 0 Å². The van der Waals surface area contributed by atoms with Crippen molar-refractivity contribution in [1.82, 2.24) is 9.55 Å². The Labute approximate surface area is 163 Å². The molecule has 0 unspecified atom stereocenters. The van der Waals surface area contributed by atoms with Crippen LogP contribution in [0.2, 0.25) is 5.02 Å². The summed E-state index contributed by atoms with van der Waals surface area (Å²) < 4.78 is 2.27. The number of benzene rings is 1. The first-order valence-electron chi connectivity index (χ1n) is 9.12. The van der Waals surface area contributed by atoms with Gasteiger partial charge in [-0.3, -0.25) is 4.98 Å². The van der Waals surface area contributed by atoms with E-state index in [1.807, 2.05) is 13.0 Å². The standard InChI is InChI=1S/C21H21ClN4O/c1-12-6-20-16(7-13(12)8-23)18(17-9-25-10-19(24)21(17)22)11-26(20)14-2-4-15(27)5-3-14/h6-7,9-11,14-15,27H,2-5,24H2,1H3/t14-,15+. The molecule has 2 aromatic heterocycles. The van der Waals surface area contributed by atoms with Crippen LogP contribution in [0.4, 0.5) is 5.69 Å². The van der Waals surface area contributed by atoms with Crippen LogP contribution in [0.1, 0.15) is 42.9 Å². The summed E-state index contributed by atoms with van der Waals surface area (Å²) in [5.74, 6) is 0. The number of fused-ring (bicyclic) bond motifs is 1. The maximum Gasteiger partial charge on any atom is 0.0994 e. The lowest BCUT2D eigenvalue weighted by Crippen LogP contribution is -2.20. The summed E-state index contributed by atoms with van der Waals surface area (Å²) in [6, 6.07) is 6.57. The van der Waals surface area contributed by atoms with E-state index in [1.165, 1.54) is 0 Å². The predicted molar refractivity (Wildman–Crippen MR) is 108 cm³/mol. The lowest BCUT2D eigenvalue weighted by molar-refractivity contribution is 0.111. The van der Waals surface area contributed by atoms with Crippen LogP contribution in [0.25, 0.3) is 22.0 Å². The van der Waals surface area contributed by atoms with E-state index < -0.39 is 0 Å². The van der Waals surface area contributed by atoms with E-state index in [0.29, 0.717) is 22.3 Å². The minimum absolute atomic E-state index is 0.206. The van der Waals surface area contributed by atoms with Crippen molar-refractivity contribution >= 4 is 28.2 Å². The first-order valence-corrected chi connectivity index (χ1v) is 9.50. The zero-order chi connectivity index (χ0) is 19.1. The second kappa shape index (κ2) is 6.88. The van der Waals surface area contributed by atoms with Gasteiger partial charge in [-0.2, -0.15) is 5.26 Å². The maximum atomic E-state index is 9.86. The molecule has 6 heteroatoms. The zero-order valence-corrected chi connectivity index (χ0v) is 15.9. The molecule has 4 rings (SSSR count). The first-order chi connectivity index (χ1) is 13.0. The number of nitrogen functional groups attached to an aromatic ring is 1. The Hall–Kier alpha value is -2.55. The smallest absolute Gasteiger partial charge is 0.0994 e. The molecule has 5 nitrogen and oxygen atoms in total. The number of hydrogen-bond acceptors (Lipinski definition) is 4. The highest BCUT2D eigenvalue weighted by atomic mass is 35.5. The molecule has 0 amide bonds. The van der Waals surface area contributed by atoms with Gasteiger partial charge >= 0.3 is 0 Å². The van der Waals surface area contributed by atoms with Gasteiger partial charge < -0.3 is 15.4 Å². The lowest BCUT2D eigenvalue weighted by Gasteiger charge is -2.27. The van der Waals surface area contributed by atoms with Gasteiger partial charge in [0.1, 0.15) is 0 Å². The third-order valence-corrected chi connectivity index (χ3v) is 5.98.